The molecule has 0 radical (unpaired) electrons. The van der Waals surface area contributed by atoms with Crippen molar-refractivity contribution >= 4 is 5.91 Å². The molecule has 2 atom stereocenters. The number of amides is 1. The molecule has 1 rings (SSSR count). The molecule has 0 aliphatic heterocycles. The largest absolute Gasteiger partial charge is 0.444 e. The average Bonchev–Trinajstić information content (AvgIpc) is 2.77. The number of nitrogens with zero attached hydrogens (tertiary/aromatic N) is 2. The molecule has 5 heteroatoms. The fourth-order valence-electron chi connectivity index (χ4n) is 1.90. The van der Waals surface area contributed by atoms with Crippen LogP contribution in [0.1, 0.15) is 45.4 Å². The highest BCUT2D eigenvalue weighted by Gasteiger charge is 2.21. The summed E-state index contributed by atoms with van der Waals surface area (Å²) in [6, 6.07) is -0.319. The maximum Gasteiger partial charge on any atom is 0.239 e. The summed E-state index contributed by atoms with van der Waals surface area (Å²) in [5.41, 5.74) is 0. The standard InChI is InChI=1S/C13H23N3O2/c1-6-16(7-2)13(17)11(5)15-10(4)12-14-8-9(3)18-12/h8,10-11,15H,6-7H2,1-5H3. The Morgan fingerprint density at radius 3 is 2.50 bits per heavy atom. The molecule has 0 aliphatic rings. The molecule has 2 unspecified atom stereocenters. The van der Waals surface area contributed by atoms with Crippen molar-refractivity contribution in [3.8, 4) is 0 Å². The molecule has 0 spiro atoms. The lowest BCUT2D eigenvalue weighted by Gasteiger charge is -2.25. The van der Waals surface area contributed by atoms with E-state index < -0.39 is 0 Å². The minimum atomic E-state index is -0.243. The van der Waals surface area contributed by atoms with E-state index in [1.54, 1.807) is 6.20 Å². The van der Waals surface area contributed by atoms with Gasteiger partial charge in [0, 0.05) is 13.1 Å². The quantitative estimate of drug-likeness (QED) is 0.841. The number of aryl methyl sites for hydroxylation is 1. The molecule has 0 aliphatic carbocycles. The highest BCUT2D eigenvalue weighted by Crippen LogP contribution is 2.13. The Morgan fingerprint density at radius 1 is 1.44 bits per heavy atom. The molecule has 1 heterocycles. The third-order valence-electron chi connectivity index (χ3n) is 2.96. The number of carbonyl (C=O) groups excluding carboxylic acids is 1. The summed E-state index contributed by atoms with van der Waals surface area (Å²) in [5.74, 6) is 1.50. The van der Waals surface area contributed by atoms with Crippen LogP contribution in [0.15, 0.2) is 10.6 Å². The van der Waals surface area contributed by atoms with Crippen LogP contribution in [0, 0.1) is 6.92 Å². The summed E-state index contributed by atoms with van der Waals surface area (Å²) in [7, 11) is 0. The number of hydrogen-bond acceptors (Lipinski definition) is 4. The summed E-state index contributed by atoms with van der Waals surface area (Å²) in [5, 5.41) is 3.21. The summed E-state index contributed by atoms with van der Waals surface area (Å²) >= 11 is 0. The number of oxazole rings is 1. The first-order chi connectivity index (χ1) is 8.49. The molecule has 0 saturated heterocycles. The predicted octanol–water partition coefficient (Wildman–Crippen LogP) is 1.89. The van der Waals surface area contributed by atoms with Gasteiger partial charge in [0.15, 0.2) is 0 Å². The minimum absolute atomic E-state index is 0.0757. The van der Waals surface area contributed by atoms with Crippen molar-refractivity contribution in [2.24, 2.45) is 0 Å². The van der Waals surface area contributed by atoms with Crippen LogP contribution >= 0.6 is 0 Å². The van der Waals surface area contributed by atoms with Crippen molar-refractivity contribution in [2.45, 2.75) is 46.7 Å². The van der Waals surface area contributed by atoms with E-state index in [9.17, 15) is 4.79 Å². The molecule has 1 aromatic heterocycles. The second-order valence-electron chi connectivity index (χ2n) is 4.43. The van der Waals surface area contributed by atoms with Crippen molar-refractivity contribution in [1.29, 1.82) is 0 Å². The predicted molar refractivity (Wildman–Crippen MR) is 70.2 cm³/mol. The lowest BCUT2D eigenvalue weighted by molar-refractivity contribution is -0.132. The Bertz CT molecular complexity index is 385. The van der Waals surface area contributed by atoms with Crippen molar-refractivity contribution in [3.63, 3.8) is 0 Å². The molecule has 1 aromatic rings. The molecule has 0 bridgehead atoms. The molecular weight excluding hydrogens is 230 g/mol. The van der Waals surface area contributed by atoms with Crippen LogP contribution in [0.4, 0.5) is 0 Å². The van der Waals surface area contributed by atoms with Gasteiger partial charge >= 0.3 is 0 Å². The summed E-state index contributed by atoms with van der Waals surface area (Å²) in [6.45, 7) is 11.1. The van der Waals surface area contributed by atoms with E-state index in [2.05, 4.69) is 10.3 Å². The molecule has 1 amide bonds. The van der Waals surface area contributed by atoms with Gasteiger partial charge in [-0.1, -0.05) is 0 Å². The van der Waals surface area contributed by atoms with E-state index >= 15 is 0 Å². The third-order valence-corrected chi connectivity index (χ3v) is 2.96. The molecule has 0 aromatic carbocycles. The average molecular weight is 253 g/mol. The number of carbonyl (C=O) groups is 1. The second kappa shape index (κ2) is 6.54. The summed E-state index contributed by atoms with van der Waals surface area (Å²) in [6.07, 6.45) is 1.68. The van der Waals surface area contributed by atoms with E-state index in [1.807, 2.05) is 39.5 Å². The fraction of sp³-hybridized carbons (Fsp3) is 0.692. The second-order valence-corrected chi connectivity index (χ2v) is 4.43. The lowest BCUT2D eigenvalue weighted by atomic mass is 10.2. The molecular formula is C13H23N3O2. The topological polar surface area (TPSA) is 58.4 Å². The molecule has 0 saturated carbocycles. The van der Waals surface area contributed by atoms with E-state index in [4.69, 9.17) is 4.42 Å². The first-order valence-corrected chi connectivity index (χ1v) is 6.46. The van der Waals surface area contributed by atoms with Crippen LogP contribution in [0.3, 0.4) is 0 Å². The van der Waals surface area contributed by atoms with Crippen LogP contribution in [-0.4, -0.2) is 34.9 Å². The Hall–Kier alpha value is -1.36. The third kappa shape index (κ3) is 3.57. The smallest absolute Gasteiger partial charge is 0.239 e. The first kappa shape index (κ1) is 14.7. The Kier molecular flexibility index (Phi) is 5.34. The summed E-state index contributed by atoms with van der Waals surface area (Å²) in [4.78, 5) is 18.1. The number of rotatable bonds is 6. The number of hydrogen-bond donors (Lipinski definition) is 1. The Labute approximate surface area is 109 Å². The first-order valence-electron chi connectivity index (χ1n) is 6.46. The highest BCUT2D eigenvalue weighted by molar-refractivity contribution is 5.81. The van der Waals surface area contributed by atoms with Gasteiger partial charge in [-0.3, -0.25) is 10.1 Å². The fourth-order valence-corrected chi connectivity index (χ4v) is 1.90. The van der Waals surface area contributed by atoms with Gasteiger partial charge in [-0.2, -0.15) is 0 Å². The van der Waals surface area contributed by atoms with Gasteiger partial charge in [-0.25, -0.2) is 4.98 Å². The van der Waals surface area contributed by atoms with E-state index in [1.165, 1.54) is 0 Å². The van der Waals surface area contributed by atoms with E-state index in [0.29, 0.717) is 5.89 Å². The molecule has 5 nitrogen and oxygen atoms in total. The van der Waals surface area contributed by atoms with E-state index in [-0.39, 0.29) is 18.0 Å². The SMILES string of the molecule is CCN(CC)C(=O)C(C)NC(C)c1ncc(C)o1. The van der Waals surface area contributed by atoms with Crippen LogP contribution in [0.2, 0.25) is 0 Å². The van der Waals surface area contributed by atoms with Gasteiger partial charge in [-0.15, -0.1) is 0 Å². The van der Waals surface area contributed by atoms with Crippen LogP contribution in [-0.2, 0) is 4.79 Å². The van der Waals surface area contributed by atoms with E-state index in [0.717, 1.165) is 18.8 Å². The zero-order valence-corrected chi connectivity index (χ0v) is 11.9. The molecule has 18 heavy (non-hydrogen) atoms. The van der Waals surface area contributed by atoms with Crippen molar-refractivity contribution in [3.05, 3.63) is 17.8 Å². The highest BCUT2D eigenvalue weighted by atomic mass is 16.4. The van der Waals surface area contributed by atoms with Crippen molar-refractivity contribution in [2.75, 3.05) is 13.1 Å². The van der Waals surface area contributed by atoms with Crippen LogP contribution in [0.5, 0.6) is 0 Å². The van der Waals surface area contributed by atoms with Crippen LogP contribution in [0.25, 0.3) is 0 Å². The molecule has 102 valence electrons. The van der Waals surface area contributed by atoms with Crippen molar-refractivity contribution in [1.82, 2.24) is 15.2 Å². The van der Waals surface area contributed by atoms with Gasteiger partial charge < -0.3 is 9.32 Å². The zero-order valence-electron chi connectivity index (χ0n) is 11.9. The molecule has 1 N–H and O–H groups in total. The monoisotopic (exact) mass is 253 g/mol. The van der Waals surface area contributed by atoms with Crippen LogP contribution < -0.4 is 5.32 Å². The van der Waals surface area contributed by atoms with Gasteiger partial charge in [0.2, 0.25) is 11.8 Å². The van der Waals surface area contributed by atoms with Gasteiger partial charge in [-0.05, 0) is 34.6 Å². The number of nitrogens with one attached hydrogen (secondary N) is 1. The summed E-state index contributed by atoms with van der Waals surface area (Å²) < 4.78 is 5.44. The minimum Gasteiger partial charge on any atom is -0.444 e. The Balaban J connectivity index is 2.58. The Morgan fingerprint density at radius 2 is 2.06 bits per heavy atom. The van der Waals surface area contributed by atoms with Gasteiger partial charge in [0.25, 0.3) is 0 Å². The maximum atomic E-state index is 12.1. The number of aromatic nitrogens is 1. The lowest BCUT2D eigenvalue weighted by Crippen LogP contribution is -2.45. The van der Waals surface area contributed by atoms with Crippen molar-refractivity contribution < 1.29 is 9.21 Å². The zero-order chi connectivity index (χ0) is 13.7. The number of likely N-dealkylation sites (N-methyl/N-ethyl adjacent to an activating group) is 1. The molecule has 0 fully saturated rings. The maximum absolute atomic E-state index is 12.1. The van der Waals surface area contributed by atoms with Gasteiger partial charge in [0.05, 0.1) is 18.3 Å². The van der Waals surface area contributed by atoms with Gasteiger partial charge in [0.1, 0.15) is 5.76 Å². The normalized spacial score (nSPS) is 14.3.